The largest absolute Gasteiger partial charge is 0.383 e. The number of fused-ring (bicyclic) bond motifs is 1. The van der Waals surface area contributed by atoms with E-state index in [1.54, 1.807) is 12.4 Å². The van der Waals surface area contributed by atoms with Crippen LogP contribution in [0.4, 0.5) is 5.69 Å². The Bertz CT molecular complexity index is 686. The molecule has 0 saturated carbocycles. The van der Waals surface area contributed by atoms with Crippen LogP contribution in [-0.4, -0.2) is 26.7 Å². The quantitative estimate of drug-likeness (QED) is 0.795. The van der Waals surface area contributed by atoms with Gasteiger partial charge in [0.05, 0.1) is 11.2 Å². The summed E-state index contributed by atoms with van der Waals surface area (Å²) in [5, 5.41) is 6.87. The highest BCUT2D eigenvalue weighted by atomic mass is 79.9. The summed E-state index contributed by atoms with van der Waals surface area (Å²) in [5.74, 6) is 0.613. The molecule has 3 rings (SSSR count). The van der Waals surface area contributed by atoms with Crippen molar-refractivity contribution in [2.24, 2.45) is 0 Å². The minimum absolute atomic E-state index is 0.613. The van der Waals surface area contributed by atoms with Gasteiger partial charge in [-0.25, -0.2) is 0 Å². The molecular formula is C12H10BrN5O. The Labute approximate surface area is 117 Å². The first kappa shape index (κ1) is 12.0. The Balaban J connectivity index is 1.77. The molecule has 0 saturated heterocycles. The highest BCUT2D eigenvalue weighted by molar-refractivity contribution is 9.10. The number of hydrogen-bond donors (Lipinski definition) is 1. The fourth-order valence-corrected chi connectivity index (χ4v) is 2.08. The Kier molecular flexibility index (Phi) is 3.37. The Morgan fingerprint density at radius 1 is 1.26 bits per heavy atom. The normalized spacial score (nSPS) is 10.8. The summed E-state index contributed by atoms with van der Waals surface area (Å²) in [6.45, 7) is 0.694. The molecule has 0 aliphatic rings. The van der Waals surface area contributed by atoms with Gasteiger partial charge in [0.2, 0.25) is 5.89 Å². The molecule has 1 N–H and O–H groups in total. The minimum atomic E-state index is 0.613. The first-order valence-corrected chi connectivity index (χ1v) is 6.52. The summed E-state index contributed by atoms with van der Waals surface area (Å²) >= 11 is 3.39. The van der Waals surface area contributed by atoms with Crippen molar-refractivity contribution in [3.8, 4) is 0 Å². The Hall–Kier alpha value is -2.02. The van der Waals surface area contributed by atoms with Gasteiger partial charge >= 0.3 is 0 Å². The highest BCUT2D eigenvalue weighted by Crippen LogP contribution is 2.21. The molecule has 3 aromatic rings. The zero-order chi connectivity index (χ0) is 13.1. The fourth-order valence-electron chi connectivity index (χ4n) is 1.76. The van der Waals surface area contributed by atoms with Gasteiger partial charge in [0, 0.05) is 29.8 Å². The van der Waals surface area contributed by atoms with Crippen molar-refractivity contribution in [2.45, 2.75) is 6.42 Å². The fraction of sp³-hybridized carbons (Fsp3) is 0.167. The molecular weight excluding hydrogens is 310 g/mol. The predicted molar refractivity (Wildman–Crippen MR) is 73.7 cm³/mol. The highest BCUT2D eigenvalue weighted by Gasteiger charge is 2.04. The molecule has 0 bridgehead atoms. The van der Waals surface area contributed by atoms with E-state index in [4.69, 9.17) is 4.52 Å². The van der Waals surface area contributed by atoms with E-state index in [-0.39, 0.29) is 0 Å². The van der Waals surface area contributed by atoms with Crippen LogP contribution in [0.25, 0.3) is 11.0 Å². The summed E-state index contributed by atoms with van der Waals surface area (Å²) in [7, 11) is 0. The summed E-state index contributed by atoms with van der Waals surface area (Å²) in [6, 6.07) is 3.84. The van der Waals surface area contributed by atoms with E-state index < -0.39 is 0 Å². The van der Waals surface area contributed by atoms with Crippen LogP contribution in [0.1, 0.15) is 5.89 Å². The number of pyridine rings is 2. The maximum atomic E-state index is 4.94. The molecule has 19 heavy (non-hydrogen) atoms. The molecule has 0 aliphatic carbocycles. The van der Waals surface area contributed by atoms with Crippen molar-refractivity contribution in [2.75, 3.05) is 11.9 Å². The molecule has 3 aromatic heterocycles. The third-order valence-electron chi connectivity index (χ3n) is 2.61. The molecule has 0 amide bonds. The summed E-state index contributed by atoms with van der Waals surface area (Å²) < 4.78 is 5.85. The van der Waals surface area contributed by atoms with Crippen LogP contribution < -0.4 is 5.32 Å². The molecule has 0 aromatic carbocycles. The minimum Gasteiger partial charge on any atom is -0.383 e. The van der Waals surface area contributed by atoms with E-state index in [1.165, 1.54) is 6.33 Å². The third kappa shape index (κ3) is 2.70. The second kappa shape index (κ2) is 5.31. The van der Waals surface area contributed by atoms with E-state index in [2.05, 4.69) is 41.4 Å². The molecule has 6 nitrogen and oxygen atoms in total. The SMILES string of the molecule is Brc1cnc2c(NCCc3ncno3)ccnc2c1. The molecule has 3 heterocycles. The first-order valence-electron chi connectivity index (χ1n) is 5.72. The van der Waals surface area contributed by atoms with Crippen molar-refractivity contribution < 1.29 is 4.52 Å². The molecule has 0 unspecified atom stereocenters. The number of hydrogen-bond acceptors (Lipinski definition) is 6. The van der Waals surface area contributed by atoms with E-state index in [0.717, 1.165) is 21.2 Å². The van der Waals surface area contributed by atoms with Gasteiger partial charge in [-0.1, -0.05) is 5.16 Å². The van der Waals surface area contributed by atoms with Crippen molar-refractivity contribution >= 4 is 32.7 Å². The van der Waals surface area contributed by atoms with E-state index in [9.17, 15) is 0 Å². The second-order valence-electron chi connectivity index (χ2n) is 3.89. The van der Waals surface area contributed by atoms with Crippen LogP contribution in [-0.2, 0) is 6.42 Å². The van der Waals surface area contributed by atoms with Gasteiger partial charge in [-0.05, 0) is 28.1 Å². The maximum Gasteiger partial charge on any atom is 0.228 e. The number of halogens is 1. The van der Waals surface area contributed by atoms with Crippen molar-refractivity contribution in [1.29, 1.82) is 0 Å². The third-order valence-corrected chi connectivity index (χ3v) is 3.04. The van der Waals surface area contributed by atoms with Crippen LogP contribution in [0.3, 0.4) is 0 Å². The zero-order valence-corrected chi connectivity index (χ0v) is 11.5. The van der Waals surface area contributed by atoms with Gasteiger partial charge < -0.3 is 9.84 Å². The summed E-state index contributed by atoms with van der Waals surface area (Å²) in [5.41, 5.74) is 2.63. The van der Waals surface area contributed by atoms with Crippen LogP contribution in [0.15, 0.2) is 39.8 Å². The lowest BCUT2D eigenvalue weighted by molar-refractivity contribution is 0.380. The average Bonchev–Trinajstić information content (AvgIpc) is 2.92. The van der Waals surface area contributed by atoms with E-state index in [0.29, 0.717) is 18.9 Å². The number of aromatic nitrogens is 4. The maximum absolute atomic E-state index is 4.94. The van der Waals surface area contributed by atoms with E-state index >= 15 is 0 Å². The molecule has 7 heteroatoms. The average molecular weight is 320 g/mol. The van der Waals surface area contributed by atoms with Crippen LogP contribution in [0.2, 0.25) is 0 Å². The van der Waals surface area contributed by atoms with Gasteiger partial charge in [0.25, 0.3) is 0 Å². The topological polar surface area (TPSA) is 76.7 Å². The Morgan fingerprint density at radius 3 is 3.05 bits per heavy atom. The van der Waals surface area contributed by atoms with E-state index in [1.807, 2.05) is 12.1 Å². The predicted octanol–water partition coefficient (Wildman–Crippen LogP) is 2.43. The van der Waals surface area contributed by atoms with Gasteiger partial charge in [0.1, 0.15) is 5.52 Å². The van der Waals surface area contributed by atoms with Crippen LogP contribution in [0, 0.1) is 0 Å². The van der Waals surface area contributed by atoms with Gasteiger partial charge in [-0.2, -0.15) is 4.98 Å². The standard InChI is InChI=1S/C12H10BrN5O/c13-8-5-10-12(16-6-8)9(1-3-15-10)14-4-2-11-17-7-18-19-11/h1,3,5-7H,2,4H2,(H,14,15). The van der Waals surface area contributed by atoms with Gasteiger partial charge in [-0.3, -0.25) is 9.97 Å². The monoisotopic (exact) mass is 319 g/mol. The lowest BCUT2D eigenvalue weighted by Crippen LogP contribution is -2.06. The number of anilines is 1. The second-order valence-corrected chi connectivity index (χ2v) is 4.81. The molecule has 0 atom stereocenters. The summed E-state index contributed by atoms with van der Waals surface area (Å²) in [6.07, 6.45) is 5.58. The zero-order valence-electron chi connectivity index (χ0n) is 9.88. The van der Waals surface area contributed by atoms with Crippen LogP contribution >= 0.6 is 15.9 Å². The lowest BCUT2D eigenvalue weighted by Gasteiger charge is -2.07. The summed E-state index contributed by atoms with van der Waals surface area (Å²) in [4.78, 5) is 12.6. The molecule has 0 spiro atoms. The molecule has 0 radical (unpaired) electrons. The smallest absolute Gasteiger partial charge is 0.228 e. The number of rotatable bonds is 4. The number of nitrogens with one attached hydrogen (secondary N) is 1. The lowest BCUT2D eigenvalue weighted by atomic mass is 10.2. The van der Waals surface area contributed by atoms with Crippen molar-refractivity contribution in [1.82, 2.24) is 20.1 Å². The molecule has 96 valence electrons. The van der Waals surface area contributed by atoms with Gasteiger partial charge in [0.15, 0.2) is 6.33 Å². The Morgan fingerprint density at radius 2 is 2.21 bits per heavy atom. The molecule has 0 fully saturated rings. The van der Waals surface area contributed by atoms with Crippen LogP contribution in [0.5, 0.6) is 0 Å². The molecule has 0 aliphatic heterocycles. The van der Waals surface area contributed by atoms with Crippen molar-refractivity contribution in [3.63, 3.8) is 0 Å². The van der Waals surface area contributed by atoms with Gasteiger partial charge in [-0.15, -0.1) is 0 Å². The first-order chi connectivity index (χ1) is 9.33. The number of nitrogens with zero attached hydrogens (tertiary/aromatic N) is 4. The van der Waals surface area contributed by atoms with Crippen molar-refractivity contribution in [3.05, 3.63) is 41.2 Å².